The van der Waals surface area contributed by atoms with Gasteiger partial charge in [-0.15, -0.1) is 0 Å². The molecule has 19 heavy (non-hydrogen) atoms. The van der Waals surface area contributed by atoms with Crippen LogP contribution in [-0.4, -0.2) is 25.1 Å². The fraction of sp³-hybridized carbons (Fsp3) is 0.562. The molecule has 1 aromatic rings. The van der Waals surface area contributed by atoms with Crippen molar-refractivity contribution >= 4 is 5.78 Å². The number of ether oxygens (including phenoxy) is 2. The maximum absolute atomic E-state index is 12.6. The lowest BCUT2D eigenvalue weighted by molar-refractivity contribution is -0.000223. The van der Waals surface area contributed by atoms with Crippen molar-refractivity contribution < 1.29 is 14.3 Å². The monoisotopic (exact) mass is 262 g/mol. The van der Waals surface area contributed by atoms with Gasteiger partial charge in [0, 0.05) is 18.6 Å². The van der Waals surface area contributed by atoms with Gasteiger partial charge in [-0.1, -0.05) is 20.8 Å². The first-order valence-electron chi connectivity index (χ1n) is 6.85. The lowest BCUT2D eigenvalue weighted by atomic mass is 9.84. The van der Waals surface area contributed by atoms with Crippen molar-refractivity contribution in [2.75, 3.05) is 13.2 Å². The molecule has 0 spiro atoms. The Bertz CT molecular complexity index is 471. The summed E-state index contributed by atoms with van der Waals surface area (Å²) in [5.74, 6) is 0.962. The molecule has 1 unspecified atom stereocenters. The first-order chi connectivity index (χ1) is 8.93. The van der Waals surface area contributed by atoms with Crippen molar-refractivity contribution in [2.45, 2.75) is 40.2 Å². The molecule has 1 heterocycles. The van der Waals surface area contributed by atoms with Gasteiger partial charge in [-0.3, -0.25) is 4.79 Å². The quantitative estimate of drug-likeness (QED) is 0.781. The molecular formula is C16H22O3. The van der Waals surface area contributed by atoms with Gasteiger partial charge in [0.1, 0.15) is 11.9 Å². The lowest BCUT2D eigenvalue weighted by Crippen LogP contribution is -2.37. The highest BCUT2D eigenvalue weighted by Crippen LogP contribution is 2.29. The summed E-state index contributed by atoms with van der Waals surface area (Å²) in [6, 6.07) is 5.67. The molecule has 1 aliphatic rings. The Hall–Kier alpha value is -1.35. The summed E-state index contributed by atoms with van der Waals surface area (Å²) < 4.78 is 11.1. The Labute approximate surface area is 114 Å². The highest BCUT2D eigenvalue weighted by Gasteiger charge is 2.33. The van der Waals surface area contributed by atoms with Gasteiger partial charge in [0.25, 0.3) is 0 Å². The van der Waals surface area contributed by atoms with Crippen molar-refractivity contribution in [1.29, 1.82) is 0 Å². The average Bonchev–Trinajstić information content (AvgIpc) is 2.80. The van der Waals surface area contributed by atoms with E-state index in [9.17, 15) is 4.79 Å². The van der Waals surface area contributed by atoms with Crippen molar-refractivity contribution in [3.63, 3.8) is 0 Å². The number of rotatable bonds is 4. The highest BCUT2D eigenvalue weighted by molar-refractivity contribution is 6.00. The molecule has 0 saturated heterocycles. The predicted octanol–water partition coefficient (Wildman–Crippen LogP) is 3.26. The summed E-state index contributed by atoms with van der Waals surface area (Å²) in [5, 5.41) is 0. The zero-order valence-corrected chi connectivity index (χ0v) is 12.2. The molecule has 3 heteroatoms. The van der Waals surface area contributed by atoms with Crippen LogP contribution in [-0.2, 0) is 11.2 Å². The van der Waals surface area contributed by atoms with Crippen LogP contribution in [0.2, 0.25) is 0 Å². The molecule has 2 rings (SSSR count). The Kier molecular flexibility index (Phi) is 3.95. The highest BCUT2D eigenvalue weighted by atomic mass is 16.5. The minimum absolute atomic E-state index is 0.0593. The van der Waals surface area contributed by atoms with E-state index in [1.807, 2.05) is 45.9 Å². The van der Waals surface area contributed by atoms with Crippen LogP contribution in [0.4, 0.5) is 0 Å². The van der Waals surface area contributed by atoms with E-state index < -0.39 is 6.10 Å². The van der Waals surface area contributed by atoms with E-state index in [2.05, 4.69) is 0 Å². The van der Waals surface area contributed by atoms with E-state index in [1.54, 1.807) is 0 Å². The summed E-state index contributed by atoms with van der Waals surface area (Å²) >= 11 is 0. The number of fused-ring (bicyclic) bond motifs is 1. The van der Waals surface area contributed by atoms with Crippen molar-refractivity contribution in [3.05, 3.63) is 29.3 Å². The maximum atomic E-state index is 12.6. The Balaban J connectivity index is 2.27. The average molecular weight is 262 g/mol. The molecule has 0 saturated carbocycles. The molecule has 1 atom stereocenters. The third-order valence-electron chi connectivity index (χ3n) is 3.33. The summed E-state index contributed by atoms with van der Waals surface area (Å²) in [4.78, 5) is 12.6. The zero-order chi connectivity index (χ0) is 14.0. The molecule has 0 amide bonds. The fourth-order valence-corrected chi connectivity index (χ4v) is 2.38. The van der Waals surface area contributed by atoms with Crippen molar-refractivity contribution in [1.82, 2.24) is 0 Å². The number of Topliss-reactive ketones (excluding diaryl/α,β-unsaturated/α-hetero) is 1. The molecular weight excluding hydrogens is 240 g/mol. The topological polar surface area (TPSA) is 35.5 Å². The molecule has 0 radical (unpaired) electrons. The third kappa shape index (κ3) is 2.98. The van der Waals surface area contributed by atoms with Crippen molar-refractivity contribution in [3.8, 4) is 5.75 Å². The summed E-state index contributed by atoms with van der Waals surface area (Å²) in [6.07, 6.45) is 0.475. The molecule has 0 fully saturated rings. The van der Waals surface area contributed by atoms with E-state index in [0.29, 0.717) is 13.2 Å². The van der Waals surface area contributed by atoms with Crippen LogP contribution in [0.1, 0.15) is 43.6 Å². The van der Waals surface area contributed by atoms with Gasteiger partial charge in [0.15, 0.2) is 5.78 Å². The lowest BCUT2D eigenvalue weighted by Gasteiger charge is -2.29. The number of carbonyl (C=O) groups excluding carboxylic acids is 1. The van der Waals surface area contributed by atoms with E-state index in [4.69, 9.17) is 9.47 Å². The summed E-state index contributed by atoms with van der Waals surface area (Å²) in [5.41, 5.74) is 1.63. The first-order valence-corrected chi connectivity index (χ1v) is 6.85. The number of hydrogen-bond acceptors (Lipinski definition) is 3. The minimum Gasteiger partial charge on any atom is -0.493 e. The Morgan fingerprint density at radius 2 is 2.16 bits per heavy atom. The van der Waals surface area contributed by atoms with E-state index in [1.165, 1.54) is 0 Å². The molecule has 0 aromatic heterocycles. The van der Waals surface area contributed by atoms with Gasteiger partial charge in [0.2, 0.25) is 0 Å². The predicted molar refractivity (Wildman–Crippen MR) is 74.8 cm³/mol. The normalized spacial score (nSPS) is 15.8. The standard InChI is InChI=1S/C16H22O3/c1-5-18-15(16(2,3)4)14(17)12-6-7-13-11(10-12)8-9-19-13/h6-7,10,15H,5,8-9H2,1-4H3. The summed E-state index contributed by atoms with van der Waals surface area (Å²) in [7, 11) is 0. The van der Waals surface area contributed by atoms with E-state index >= 15 is 0 Å². The van der Waals surface area contributed by atoms with Gasteiger partial charge >= 0.3 is 0 Å². The number of benzene rings is 1. The molecule has 0 bridgehead atoms. The molecule has 1 aliphatic heterocycles. The van der Waals surface area contributed by atoms with E-state index in [0.717, 1.165) is 23.3 Å². The van der Waals surface area contributed by atoms with Crippen LogP contribution >= 0.6 is 0 Å². The molecule has 0 aliphatic carbocycles. The molecule has 104 valence electrons. The van der Waals surface area contributed by atoms with E-state index in [-0.39, 0.29) is 11.2 Å². The summed E-state index contributed by atoms with van der Waals surface area (Å²) in [6.45, 7) is 9.26. The number of ketones is 1. The van der Waals surface area contributed by atoms with Gasteiger partial charge in [-0.25, -0.2) is 0 Å². The largest absolute Gasteiger partial charge is 0.493 e. The Morgan fingerprint density at radius 1 is 1.42 bits per heavy atom. The second kappa shape index (κ2) is 5.33. The molecule has 0 N–H and O–H groups in total. The first kappa shape index (κ1) is 14.1. The number of hydrogen-bond donors (Lipinski definition) is 0. The molecule has 3 nitrogen and oxygen atoms in total. The minimum atomic E-state index is -0.405. The Morgan fingerprint density at radius 3 is 2.79 bits per heavy atom. The smallest absolute Gasteiger partial charge is 0.192 e. The van der Waals surface area contributed by atoms with Gasteiger partial charge in [-0.05, 0) is 36.1 Å². The number of carbonyl (C=O) groups is 1. The van der Waals surface area contributed by atoms with Crippen LogP contribution in [0.3, 0.4) is 0 Å². The third-order valence-corrected chi connectivity index (χ3v) is 3.33. The second-order valence-corrected chi connectivity index (χ2v) is 5.99. The van der Waals surface area contributed by atoms with Crippen LogP contribution in [0.25, 0.3) is 0 Å². The SMILES string of the molecule is CCOC(C(=O)c1ccc2c(c1)CCO2)C(C)(C)C. The van der Waals surface area contributed by atoms with Crippen LogP contribution in [0.15, 0.2) is 18.2 Å². The van der Waals surface area contributed by atoms with Crippen LogP contribution < -0.4 is 4.74 Å². The van der Waals surface area contributed by atoms with Crippen LogP contribution in [0.5, 0.6) is 5.75 Å². The van der Waals surface area contributed by atoms with Gasteiger partial charge < -0.3 is 9.47 Å². The van der Waals surface area contributed by atoms with Gasteiger partial charge in [0.05, 0.1) is 6.61 Å². The van der Waals surface area contributed by atoms with Crippen LogP contribution in [0, 0.1) is 5.41 Å². The fourth-order valence-electron chi connectivity index (χ4n) is 2.38. The van der Waals surface area contributed by atoms with Crippen molar-refractivity contribution in [2.24, 2.45) is 5.41 Å². The second-order valence-electron chi connectivity index (χ2n) is 5.99. The molecule has 1 aromatic carbocycles. The zero-order valence-electron chi connectivity index (χ0n) is 12.2. The maximum Gasteiger partial charge on any atom is 0.192 e. The van der Waals surface area contributed by atoms with Gasteiger partial charge in [-0.2, -0.15) is 0 Å².